The number of nitrogens with one attached hydrogen (secondary N) is 1. The highest BCUT2D eigenvalue weighted by molar-refractivity contribution is 7.81. The molecule has 0 saturated carbocycles. The van der Waals surface area contributed by atoms with Gasteiger partial charge in [0.05, 0.1) is 6.54 Å². The van der Waals surface area contributed by atoms with E-state index in [0.29, 0.717) is 18.7 Å². The fourth-order valence-corrected chi connectivity index (χ4v) is 2.36. The Labute approximate surface area is 117 Å². The third-order valence-electron chi connectivity index (χ3n) is 2.85. The van der Waals surface area contributed by atoms with Crippen LogP contribution in [0, 0.1) is 5.41 Å². The number of nitrogens with zero attached hydrogens (tertiary/aromatic N) is 2. The predicted octanol–water partition coefficient (Wildman–Crippen LogP) is 0.784. The predicted molar refractivity (Wildman–Crippen MR) is 76.1 cm³/mol. The second kappa shape index (κ2) is 5.50. The average Bonchev–Trinajstić information content (AvgIpc) is 2.70. The second-order valence-corrected chi connectivity index (χ2v) is 4.69. The van der Waals surface area contributed by atoms with Gasteiger partial charge in [0.1, 0.15) is 5.84 Å². The molecule has 0 bridgehead atoms. The van der Waals surface area contributed by atoms with Gasteiger partial charge < -0.3 is 15.5 Å². The van der Waals surface area contributed by atoms with Crippen molar-refractivity contribution in [3.8, 4) is 0 Å². The molecule has 0 spiro atoms. The van der Waals surface area contributed by atoms with Crippen LogP contribution < -0.4 is 10.6 Å². The SMILES string of the molecule is CC(=O)ON1CCN(c2ccc(C(=N)N)cc2)C1S. The summed E-state index contributed by atoms with van der Waals surface area (Å²) in [5, 5.41) is 8.88. The molecule has 1 aliphatic rings. The van der Waals surface area contributed by atoms with Crippen LogP contribution in [0.3, 0.4) is 0 Å². The van der Waals surface area contributed by atoms with Gasteiger partial charge in [0, 0.05) is 24.7 Å². The Kier molecular flexibility index (Phi) is 3.96. The summed E-state index contributed by atoms with van der Waals surface area (Å²) in [5.41, 5.74) is 6.72. The summed E-state index contributed by atoms with van der Waals surface area (Å²) in [6.45, 7) is 2.67. The number of nitrogens with two attached hydrogens (primary N) is 1. The molecule has 6 nitrogen and oxygen atoms in total. The van der Waals surface area contributed by atoms with Crippen molar-refractivity contribution in [3.05, 3.63) is 29.8 Å². The fourth-order valence-electron chi connectivity index (χ4n) is 1.95. The van der Waals surface area contributed by atoms with E-state index >= 15 is 0 Å². The number of thiol groups is 1. The largest absolute Gasteiger partial charge is 0.384 e. The quantitative estimate of drug-likeness (QED) is 0.433. The lowest BCUT2D eigenvalue weighted by Crippen LogP contribution is -2.35. The summed E-state index contributed by atoms with van der Waals surface area (Å²) < 4.78 is 0. The number of carbonyl (C=O) groups excluding carboxylic acids is 1. The second-order valence-electron chi connectivity index (χ2n) is 4.22. The van der Waals surface area contributed by atoms with E-state index in [1.165, 1.54) is 12.0 Å². The number of anilines is 1. The van der Waals surface area contributed by atoms with Gasteiger partial charge in [0.2, 0.25) is 0 Å². The Balaban J connectivity index is 2.10. The lowest BCUT2D eigenvalue weighted by molar-refractivity contribution is -0.184. The molecule has 2 rings (SSSR count). The smallest absolute Gasteiger partial charge is 0.322 e. The molecule has 1 aromatic carbocycles. The summed E-state index contributed by atoms with van der Waals surface area (Å²) in [7, 11) is 0. The van der Waals surface area contributed by atoms with Crippen LogP contribution >= 0.6 is 12.6 Å². The lowest BCUT2D eigenvalue weighted by Gasteiger charge is -2.26. The molecule has 0 amide bonds. The molecular weight excluding hydrogens is 264 g/mol. The molecule has 1 aromatic rings. The average molecular weight is 280 g/mol. The molecule has 19 heavy (non-hydrogen) atoms. The first-order valence-corrected chi connectivity index (χ1v) is 6.35. The van der Waals surface area contributed by atoms with Crippen molar-refractivity contribution in [3.63, 3.8) is 0 Å². The minimum atomic E-state index is -0.354. The minimum absolute atomic E-state index is 0.0388. The minimum Gasteiger partial charge on any atom is -0.384 e. The highest BCUT2D eigenvalue weighted by atomic mass is 32.1. The van der Waals surface area contributed by atoms with Crippen molar-refractivity contribution in [2.24, 2.45) is 5.73 Å². The van der Waals surface area contributed by atoms with Gasteiger partial charge in [-0.2, -0.15) is 0 Å². The zero-order valence-electron chi connectivity index (χ0n) is 10.5. The molecule has 102 valence electrons. The van der Waals surface area contributed by atoms with E-state index in [1.807, 2.05) is 17.0 Å². The molecule has 0 aliphatic carbocycles. The molecule has 1 atom stereocenters. The van der Waals surface area contributed by atoms with Gasteiger partial charge in [-0.15, -0.1) is 17.7 Å². The number of hydrogen-bond acceptors (Lipinski definition) is 6. The monoisotopic (exact) mass is 280 g/mol. The standard InChI is InChI=1S/C12H16N4O2S/c1-8(17)18-16-7-6-15(12(16)19)10-4-2-9(3-5-10)11(13)14/h2-5,12,19H,6-7H2,1H3,(H3,13,14). The Hall–Kier alpha value is -1.73. The van der Waals surface area contributed by atoms with E-state index in [2.05, 4.69) is 12.6 Å². The first kappa shape index (κ1) is 13.7. The zero-order chi connectivity index (χ0) is 14.0. The number of amidine groups is 1. The molecule has 1 heterocycles. The van der Waals surface area contributed by atoms with Crippen LogP contribution in [0.5, 0.6) is 0 Å². The third kappa shape index (κ3) is 2.99. The van der Waals surface area contributed by atoms with Crippen LogP contribution in [0.1, 0.15) is 12.5 Å². The summed E-state index contributed by atoms with van der Waals surface area (Å²) in [5.74, 6) is -0.315. The van der Waals surface area contributed by atoms with E-state index in [4.69, 9.17) is 16.0 Å². The highest BCUT2D eigenvalue weighted by Gasteiger charge is 2.31. The Morgan fingerprint density at radius 2 is 2.05 bits per heavy atom. The van der Waals surface area contributed by atoms with Gasteiger partial charge in [-0.1, -0.05) is 0 Å². The summed E-state index contributed by atoms with van der Waals surface area (Å²) in [6, 6.07) is 7.31. The molecule has 0 radical (unpaired) electrons. The van der Waals surface area contributed by atoms with Gasteiger partial charge in [0.15, 0.2) is 5.50 Å². The molecule has 1 saturated heterocycles. The van der Waals surface area contributed by atoms with Crippen molar-refractivity contribution in [2.75, 3.05) is 18.0 Å². The molecule has 7 heteroatoms. The van der Waals surface area contributed by atoms with E-state index in [9.17, 15) is 4.79 Å². The maximum atomic E-state index is 11.0. The molecule has 0 aromatic heterocycles. The number of hydrogen-bond donors (Lipinski definition) is 3. The molecule has 1 unspecified atom stereocenters. The van der Waals surface area contributed by atoms with Crippen LogP contribution in [0.2, 0.25) is 0 Å². The maximum Gasteiger partial charge on any atom is 0.322 e. The Bertz CT molecular complexity index is 491. The van der Waals surface area contributed by atoms with Crippen LogP contribution in [0.4, 0.5) is 5.69 Å². The van der Waals surface area contributed by atoms with Crippen molar-refractivity contribution in [1.82, 2.24) is 5.06 Å². The van der Waals surface area contributed by atoms with Crippen molar-refractivity contribution in [2.45, 2.75) is 12.4 Å². The number of carbonyl (C=O) groups is 1. The van der Waals surface area contributed by atoms with Crippen LogP contribution in [-0.4, -0.2) is 35.5 Å². The number of hydroxylamine groups is 2. The van der Waals surface area contributed by atoms with Crippen molar-refractivity contribution < 1.29 is 9.63 Å². The van der Waals surface area contributed by atoms with Gasteiger partial charge in [-0.05, 0) is 24.3 Å². The molecule has 3 N–H and O–H groups in total. The fraction of sp³-hybridized carbons (Fsp3) is 0.333. The first-order valence-electron chi connectivity index (χ1n) is 5.83. The summed E-state index contributed by atoms with van der Waals surface area (Å²) in [4.78, 5) is 18.0. The van der Waals surface area contributed by atoms with Gasteiger partial charge in [0.25, 0.3) is 0 Å². The van der Waals surface area contributed by atoms with E-state index in [1.54, 1.807) is 12.1 Å². The van der Waals surface area contributed by atoms with Crippen LogP contribution in [0.15, 0.2) is 24.3 Å². The van der Waals surface area contributed by atoms with Gasteiger partial charge in [-0.25, -0.2) is 0 Å². The topological polar surface area (TPSA) is 82.7 Å². The number of nitrogen functional groups attached to an aromatic ring is 1. The normalized spacial score (nSPS) is 19.5. The van der Waals surface area contributed by atoms with E-state index < -0.39 is 0 Å². The molecule has 1 aliphatic heterocycles. The molecule has 1 fully saturated rings. The lowest BCUT2D eigenvalue weighted by atomic mass is 10.2. The number of benzene rings is 1. The summed E-state index contributed by atoms with van der Waals surface area (Å²) in [6.07, 6.45) is 0. The molecular formula is C12H16N4O2S. The first-order chi connectivity index (χ1) is 8.99. The van der Waals surface area contributed by atoms with Crippen LogP contribution in [0.25, 0.3) is 0 Å². The third-order valence-corrected chi connectivity index (χ3v) is 3.39. The van der Waals surface area contributed by atoms with Crippen molar-refractivity contribution >= 4 is 30.1 Å². The van der Waals surface area contributed by atoms with Gasteiger partial charge in [-0.3, -0.25) is 10.2 Å². The summed E-state index contributed by atoms with van der Waals surface area (Å²) >= 11 is 4.44. The number of rotatable bonds is 3. The van der Waals surface area contributed by atoms with E-state index in [0.717, 1.165) is 5.69 Å². The maximum absolute atomic E-state index is 11.0. The van der Waals surface area contributed by atoms with Gasteiger partial charge >= 0.3 is 5.97 Å². The Morgan fingerprint density at radius 3 is 2.58 bits per heavy atom. The highest BCUT2D eigenvalue weighted by Crippen LogP contribution is 2.26. The zero-order valence-corrected chi connectivity index (χ0v) is 11.4. The van der Waals surface area contributed by atoms with Crippen molar-refractivity contribution in [1.29, 1.82) is 5.41 Å². The van der Waals surface area contributed by atoms with E-state index in [-0.39, 0.29) is 17.3 Å². The Morgan fingerprint density at radius 1 is 1.42 bits per heavy atom. The van der Waals surface area contributed by atoms with Crippen LogP contribution in [-0.2, 0) is 9.63 Å².